The molecule has 35 heavy (non-hydrogen) atoms. The van der Waals surface area contributed by atoms with Gasteiger partial charge in [-0.3, -0.25) is 9.59 Å². The minimum Gasteiger partial charge on any atom is -0.497 e. The molecule has 2 amide bonds. The number of ether oxygens (including phenoxy) is 1. The Bertz CT molecular complexity index is 1210. The summed E-state index contributed by atoms with van der Waals surface area (Å²) in [5.74, 6) is 1.29. The Hall–Kier alpha value is -3.30. The van der Waals surface area contributed by atoms with Gasteiger partial charge in [0.2, 0.25) is 5.91 Å². The minimum absolute atomic E-state index is 0.0656. The van der Waals surface area contributed by atoms with Gasteiger partial charge in [-0.15, -0.1) is 16.8 Å². The van der Waals surface area contributed by atoms with E-state index in [0.717, 1.165) is 12.8 Å². The van der Waals surface area contributed by atoms with Crippen molar-refractivity contribution in [2.45, 2.75) is 30.6 Å². The number of nitrogens with one attached hydrogen (secondary N) is 1. The lowest BCUT2D eigenvalue weighted by molar-refractivity contribution is -0.113. The molecular formula is C25H26ClN5O3S. The second kappa shape index (κ2) is 11.4. The molecule has 1 aliphatic heterocycles. The fraction of sp³-hybridized carbons (Fsp3) is 0.280. The van der Waals surface area contributed by atoms with Crippen LogP contribution in [-0.2, 0) is 11.3 Å². The monoisotopic (exact) mass is 511 g/mol. The van der Waals surface area contributed by atoms with E-state index in [1.807, 2.05) is 21.6 Å². The number of likely N-dealkylation sites (tertiary alicyclic amines) is 1. The summed E-state index contributed by atoms with van der Waals surface area (Å²) in [6.07, 6.45) is 3.42. The van der Waals surface area contributed by atoms with E-state index >= 15 is 0 Å². The number of allylic oxidation sites excluding steroid dienone is 1. The second-order valence-corrected chi connectivity index (χ2v) is 9.35. The molecule has 0 bridgehead atoms. The van der Waals surface area contributed by atoms with Gasteiger partial charge in [-0.25, -0.2) is 0 Å². The summed E-state index contributed by atoms with van der Waals surface area (Å²) in [6, 6.07) is 13.9. The molecule has 182 valence electrons. The number of thioether (sulfide) groups is 1. The van der Waals surface area contributed by atoms with E-state index in [1.54, 1.807) is 49.6 Å². The summed E-state index contributed by atoms with van der Waals surface area (Å²) in [6.45, 7) is 4.96. The van der Waals surface area contributed by atoms with Crippen molar-refractivity contribution in [1.82, 2.24) is 19.7 Å². The highest BCUT2D eigenvalue weighted by molar-refractivity contribution is 7.99. The van der Waals surface area contributed by atoms with Crippen LogP contribution in [0.1, 0.15) is 35.1 Å². The number of benzene rings is 2. The predicted molar refractivity (Wildman–Crippen MR) is 137 cm³/mol. The highest BCUT2D eigenvalue weighted by Gasteiger charge is 2.34. The van der Waals surface area contributed by atoms with Crippen LogP contribution < -0.4 is 10.1 Å². The van der Waals surface area contributed by atoms with Crippen molar-refractivity contribution in [2.24, 2.45) is 0 Å². The Balaban J connectivity index is 1.47. The number of anilines is 1. The van der Waals surface area contributed by atoms with Crippen LogP contribution >= 0.6 is 23.4 Å². The zero-order valence-electron chi connectivity index (χ0n) is 19.3. The first kappa shape index (κ1) is 24.8. The number of aromatic nitrogens is 3. The molecule has 1 atom stereocenters. The van der Waals surface area contributed by atoms with Crippen LogP contribution in [0.2, 0.25) is 5.02 Å². The molecule has 1 aromatic heterocycles. The molecule has 2 aromatic carbocycles. The summed E-state index contributed by atoms with van der Waals surface area (Å²) in [4.78, 5) is 27.5. The SMILES string of the molecule is C=CCn1c(SCC(=O)Nc2cccc(OC)c2)nnc1C1CCCN1C(=O)c1ccc(Cl)cc1. The first-order valence-electron chi connectivity index (χ1n) is 11.2. The standard InChI is InChI=1S/C25H26ClN5O3S/c1-3-13-31-23(21-8-5-14-30(21)24(33)17-9-11-18(26)12-10-17)28-29-25(31)35-16-22(32)27-19-6-4-7-20(15-19)34-2/h3-4,6-7,9-12,15,21H,1,5,8,13-14,16H2,2H3,(H,27,32). The summed E-state index contributed by atoms with van der Waals surface area (Å²) in [7, 11) is 1.58. The molecule has 1 fully saturated rings. The van der Waals surface area contributed by atoms with E-state index in [-0.39, 0.29) is 23.6 Å². The number of nitrogens with zero attached hydrogens (tertiary/aromatic N) is 4. The van der Waals surface area contributed by atoms with Crippen LogP contribution in [0.5, 0.6) is 5.75 Å². The number of carbonyl (C=O) groups is 2. The normalized spacial score (nSPS) is 15.1. The fourth-order valence-corrected chi connectivity index (χ4v) is 4.90. The molecule has 0 spiro atoms. The van der Waals surface area contributed by atoms with Gasteiger partial charge in [-0.05, 0) is 49.2 Å². The van der Waals surface area contributed by atoms with Crippen LogP contribution in [0.15, 0.2) is 66.3 Å². The third-order valence-corrected chi connectivity index (χ3v) is 6.86. The first-order chi connectivity index (χ1) is 17.0. The molecule has 0 radical (unpaired) electrons. The Morgan fingerprint density at radius 2 is 2.06 bits per heavy atom. The number of rotatable bonds is 9. The maximum Gasteiger partial charge on any atom is 0.254 e. The van der Waals surface area contributed by atoms with Gasteiger partial charge in [0.05, 0.1) is 18.9 Å². The lowest BCUT2D eigenvalue weighted by atomic mass is 10.1. The van der Waals surface area contributed by atoms with Gasteiger partial charge < -0.3 is 19.5 Å². The van der Waals surface area contributed by atoms with Gasteiger partial charge in [-0.1, -0.05) is 35.5 Å². The molecule has 8 nitrogen and oxygen atoms in total. The van der Waals surface area contributed by atoms with Crippen LogP contribution in [0.4, 0.5) is 5.69 Å². The van der Waals surface area contributed by atoms with Crippen molar-refractivity contribution in [3.8, 4) is 5.75 Å². The van der Waals surface area contributed by atoms with Crippen molar-refractivity contribution in [1.29, 1.82) is 0 Å². The van der Waals surface area contributed by atoms with E-state index in [4.69, 9.17) is 16.3 Å². The molecular weight excluding hydrogens is 486 g/mol. The van der Waals surface area contributed by atoms with Crippen LogP contribution in [0.25, 0.3) is 0 Å². The second-order valence-electron chi connectivity index (χ2n) is 7.97. The van der Waals surface area contributed by atoms with Gasteiger partial charge in [0.25, 0.3) is 5.91 Å². The zero-order valence-corrected chi connectivity index (χ0v) is 20.9. The Kier molecular flexibility index (Phi) is 8.09. The van der Waals surface area contributed by atoms with E-state index in [0.29, 0.717) is 46.1 Å². The maximum absolute atomic E-state index is 13.2. The molecule has 1 aliphatic rings. The molecule has 1 N–H and O–H groups in total. The van der Waals surface area contributed by atoms with Gasteiger partial charge in [0.1, 0.15) is 5.75 Å². The lowest BCUT2D eigenvalue weighted by Crippen LogP contribution is -2.32. The number of halogens is 1. The zero-order chi connectivity index (χ0) is 24.8. The Morgan fingerprint density at radius 1 is 1.26 bits per heavy atom. The minimum atomic E-state index is -0.203. The molecule has 0 saturated carbocycles. The molecule has 2 heterocycles. The average Bonchev–Trinajstić information content (AvgIpc) is 3.50. The Morgan fingerprint density at radius 3 is 2.80 bits per heavy atom. The van der Waals surface area contributed by atoms with Crippen LogP contribution in [-0.4, -0.2) is 50.9 Å². The van der Waals surface area contributed by atoms with Crippen molar-refractivity contribution in [3.63, 3.8) is 0 Å². The maximum atomic E-state index is 13.2. The van der Waals surface area contributed by atoms with Crippen molar-refractivity contribution in [3.05, 3.63) is 77.6 Å². The Labute approximate surface area is 213 Å². The number of carbonyl (C=O) groups excluding carboxylic acids is 2. The summed E-state index contributed by atoms with van der Waals surface area (Å²) >= 11 is 7.27. The van der Waals surface area contributed by atoms with Gasteiger partial charge >= 0.3 is 0 Å². The van der Waals surface area contributed by atoms with Crippen molar-refractivity contribution in [2.75, 3.05) is 24.7 Å². The summed E-state index contributed by atoms with van der Waals surface area (Å²) < 4.78 is 7.12. The van der Waals surface area contributed by atoms with Crippen molar-refractivity contribution < 1.29 is 14.3 Å². The molecule has 0 aliphatic carbocycles. The fourth-order valence-electron chi connectivity index (χ4n) is 4.02. The van der Waals surface area contributed by atoms with E-state index in [1.165, 1.54) is 11.8 Å². The smallest absolute Gasteiger partial charge is 0.254 e. The number of methoxy groups -OCH3 is 1. The molecule has 1 unspecified atom stereocenters. The first-order valence-corrected chi connectivity index (χ1v) is 12.5. The van der Waals surface area contributed by atoms with E-state index < -0.39 is 0 Å². The van der Waals surface area contributed by atoms with Crippen LogP contribution in [0.3, 0.4) is 0 Å². The predicted octanol–water partition coefficient (Wildman–Crippen LogP) is 4.83. The quantitative estimate of drug-likeness (QED) is 0.327. The van der Waals surface area contributed by atoms with E-state index in [9.17, 15) is 9.59 Å². The summed E-state index contributed by atoms with van der Waals surface area (Å²) in [5.41, 5.74) is 1.24. The number of hydrogen-bond acceptors (Lipinski definition) is 6. The third-order valence-electron chi connectivity index (χ3n) is 5.65. The van der Waals surface area contributed by atoms with Gasteiger partial charge in [0.15, 0.2) is 11.0 Å². The lowest BCUT2D eigenvalue weighted by Gasteiger charge is -2.24. The third kappa shape index (κ3) is 5.86. The van der Waals surface area contributed by atoms with Crippen LogP contribution in [0, 0.1) is 0 Å². The largest absolute Gasteiger partial charge is 0.497 e. The number of hydrogen-bond donors (Lipinski definition) is 1. The van der Waals surface area contributed by atoms with E-state index in [2.05, 4.69) is 22.1 Å². The topological polar surface area (TPSA) is 89.3 Å². The average molecular weight is 512 g/mol. The van der Waals surface area contributed by atoms with Gasteiger partial charge in [0, 0.05) is 35.4 Å². The highest BCUT2D eigenvalue weighted by atomic mass is 35.5. The van der Waals surface area contributed by atoms with Gasteiger partial charge in [-0.2, -0.15) is 0 Å². The molecule has 10 heteroatoms. The molecule has 4 rings (SSSR count). The number of amides is 2. The molecule has 3 aromatic rings. The summed E-state index contributed by atoms with van der Waals surface area (Å²) in [5, 5.41) is 12.8. The highest BCUT2D eigenvalue weighted by Crippen LogP contribution is 2.34. The van der Waals surface area contributed by atoms with Crippen molar-refractivity contribution >= 4 is 40.9 Å². The molecule has 1 saturated heterocycles.